The van der Waals surface area contributed by atoms with Crippen LogP contribution < -0.4 is 16.6 Å². The normalized spacial score (nSPS) is 9.86. The number of amides is 1. The number of nitrogens with two attached hydrogens (primary N) is 1. The zero-order valence-corrected chi connectivity index (χ0v) is 13.4. The molecule has 2 aromatic rings. The van der Waals surface area contributed by atoms with E-state index in [9.17, 15) is 9.59 Å². The fraction of sp³-hybridized carbons (Fsp3) is 0.417. The van der Waals surface area contributed by atoms with Crippen molar-refractivity contribution in [3.63, 3.8) is 0 Å². The van der Waals surface area contributed by atoms with Crippen molar-refractivity contribution < 1.29 is 4.79 Å². The molecule has 0 aliphatic carbocycles. The average Bonchev–Trinajstić information content (AvgIpc) is 2.70. The lowest BCUT2D eigenvalue weighted by Crippen LogP contribution is -2.26. The smallest absolute Gasteiger partial charge is 0.266 e. The third-order valence-corrected chi connectivity index (χ3v) is 3.04. The number of aromatic nitrogens is 3. The third kappa shape index (κ3) is 4.20. The monoisotopic (exact) mass is 335 g/mol. The van der Waals surface area contributed by atoms with Gasteiger partial charge in [-0.05, 0) is 13.8 Å². The molecular formula is C12H19Cl2N5O2. The van der Waals surface area contributed by atoms with E-state index in [2.05, 4.69) is 15.4 Å². The SMILES string of the molecule is Cc1nc2cc(=O)[nH]n2c(C)c1CNC(=O)CCN.Cl.Cl. The minimum absolute atomic E-state index is 0. The molecule has 0 bridgehead atoms. The van der Waals surface area contributed by atoms with E-state index in [1.54, 1.807) is 4.52 Å². The van der Waals surface area contributed by atoms with Crippen LogP contribution >= 0.6 is 24.8 Å². The molecular weight excluding hydrogens is 317 g/mol. The summed E-state index contributed by atoms with van der Waals surface area (Å²) in [7, 11) is 0. The Morgan fingerprint density at radius 2 is 2.10 bits per heavy atom. The number of H-pyrrole nitrogens is 1. The first-order valence-corrected chi connectivity index (χ1v) is 6.07. The van der Waals surface area contributed by atoms with Crippen LogP contribution in [0.5, 0.6) is 0 Å². The van der Waals surface area contributed by atoms with Gasteiger partial charge >= 0.3 is 0 Å². The van der Waals surface area contributed by atoms with Gasteiger partial charge in [0.1, 0.15) is 0 Å². The lowest BCUT2D eigenvalue weighted by Gasteiger charge is -2.12. The number of carbonyl (C=O) groups is 1. The predicted molar refractivity (Wildman–Crippen MR) is 85.3 cm³/mol. The topological polar surface area (TPSA) is 105 Å². The molecule has 2 heterocycles. The van der Waals surface area contributed by atoms with Crippen LogP contribution in [0.2, 0.25) is 0 Å². The Labute approximate surface area is 134 Å². The van der Waals surface area contributed by atoms with Crippen LogP contribution in [0.1, 0.15) is 23.4 Å². The van der Waals surface area contributed by atoms with Crippen molar-refractivity contribution >= 4 is 36.4 Å². The van der Waals surface area contributed by atoms with Gasteiger partial charge in [-0.25, -0.2) is 9.50 Å². The quantitative estimate of drug-likeness (QED) is 0.754. The molecule has 4 N–H and O–H groups in total. The van der Waals surface area contributed by atoms with Gasteiger partial charge in [-0.1, -0.05) is 0 Å². The molecule has 0 saturated carbocycles. The number of hydrogen-bond donors (Lipinski definition) is 3. The highest BCUT2D eigenvalue weighted by atomic mass is 35.5. The first kappa shape index (κ1) is 19.4. The van der Waals surface area contributed by atoms with Gasteiger partial charge in [0.05, 0.1) is 0 Å². The summed E-state index contributed by atoms with van der Waals surface area (Å²) in [5.74, 6) is -0.0950. The van der Waals surface area contributed by atoms with E-state index >= 15 is 0 Å². The lowest BCUT2D eigenvalue weighted by atomic mass is 10.1. The molecule has 118 valence electrons. The number of rotatable bonds is 4. The minimum atomic E-state index is -0.195. The molecule has 0 fully saturated rings. The lowest BCUT2D eigenvalue weighted by molar-refractivity contribution is -0.121. The molecule has 2 rings (SSSR count). The van der Waals surface area contributed by atoms with Crippen LogP contribution in [-0.4, -0.2) is 27.0 Å². The predicted octanol–water partition coefficient (Wildman–Crippen LogP) is 0.448. The van der Waals surface area contributed by atoms with E-state index < -0.39 is 0 Å². The van der Waals surface area contributed by atoms with Crippen molar-refractivity contribution in [3.8, 4) is 0 Å². The first-order valence-electron chi connectivity index (χ1n) is 6.07. The summed E-state index contributed by atoms with van der Waals surface area (Å²) in [6.07, 6.45) is 0.300. The fourth-order valence-electron chi connectivity index (χ4n) is 2.02. The fourth-order valence-corrected chi connectivity index (χ4v) is 2.02. The number of nitrogens with one attached hydrogen (secondary N) is 2. The van der Waals surface area contributed by atoms with E-state index in [0.29, 0.717) is 25.2 Å². The molecule has 0 radical (unpaired) electrons. The second-order valence-electron chi connectivity index (χ2n) is 4.39. The summed E-state index contributed by atoms with van der Waals surface area (Å²) in [6.45, 7) is 4.43. The standard InChI is InChI=1S/C12H17N5O2.2ClH/c1-7-9(6-14-11(18)3-4-13)8(2)17-10(15-7)5-12(19)16-17;;/h5H,3-4,6,13H2,1-2H3,(H,14,18)(H,16,19);2*1H. The number of nitrogens with zero attached hydrogens (tertiary/aromatic N) is 2. The van der Waals surface area contributed by atoms with Crippen molar-refractivity contribution in [1.29, 1.82) is 0 Å². The molecule has 0 unspecified atom stereocenters. The molecule has 0 aliphatic heterocycles. The molecule has 0 atom stereocenters. The molecule has 2 aromatic heterocycles. The summed E-state index contributed by atoms with van der Waals surface area (Å²) >= 11 is 0. The van der Waals surface area contributed by atoms with Crippen LogP contribution in [0.15, 0.2) is 10.9 Å². The third-order valence-electron chi connectivity index (χ3n) is 3.04. The van der Waals surface area contributed by atoms with Gasteiger partial charge in [-0.15, -0.1) is 24.8 Å². The summed E-state index contributed by atoms with van der Waals surface area (Å²) in [5, 5.41) is 5.46. The van der Waals surface area contributed by atoms with Gasteiger partial charge in [0.15, 0.2) is 5.65 Å². The number of aromatic amines is 1. The zero-order valence-electron chi connectivity index (χ0n) is 11.8. The Bertz CT molecular complexity index is 680. The van der Waals surface area contributed by atoms with Crippen molar-refractivity contribution in [3.05, 3.63) is 33.4 Å². The number of carbonyl (C=O) groups excluding carboxylic acids is 1. The molecule has 0 aromatic carbocycles. The van der Waals surface area contributed by atoms with Crippen LogP contribution in [0.4, 0.5) is 0 Å². The van der Waals surface area contributed by atoms with Crippen LogP contribution in [0, 0.1) is 13.8 Å². The van der Waals surface area contributed by atoms with Crippen molar-refractivity contribution in [2.24, 2.45) is 5.73 Å². The second-order valence-corrected chi connectivity index (χ2v) is 4.39. The van der Waals surface area contributed by atoms with Crippen LogP contribution in [-0.2, 0) is 11.3 Å². The number of halogens is 2. The summed E-state index contributed by atoms with van der Waals surface area (Å²) in [5.41, 5.74) is 8.25. The maximum Gasteiger partial charge on any atom is 0.266 e. The highest BCUT2D eigenvalue weighted by Crippen LogP contribution is 2.12. The minimum Gasteiger partial charge on any atom is -0.352 e. The molecule has 0 saturated heterocycles. The Morgan fingerprint density at radius 1 is 1.43 bits per heavy atom. The average molecular weight is 336 g/mol. The summed E-state index contributed by atoms with van der Waals surface area (Å²) in [4.78, 5) is 27.1. The van der Waals surface area contributed by atoms with E-state index in [1.165, 1.54) is 6.07 Å². The van der Waals surface area contributed by atoms with Gasteiger partial charge in [-0.3, -0.25) is 14.7 Å². The maximum atomic E-state index is 11.4. The Morgan fingerprint density at radius 3 is 2.71 bits per heavy atom. The highest BCUT2D eigenvalue weighted by Gasteiger charge is 2.11. The van der Waals surface area contributed by atoms with Crippen molar-refractivity contribution in [1.82, 2.24) is 19.9 Å². The Kier molecular flexibility index (Phi) is 7.42. The molecule has 0 spiro atoms. The Hall–Kier alpha value is -1.57. The molecule has 0 aliphatic rings. The maximum absolute atomic E-state index is 11.4. The number of hydrogen-bond acceptors (Lipinski definition) is 4. The van der Waals surface area contributed by atoms with Gasteiger partial charge in [0, 0.05) is 42.5 Å². The molecule has 21 heavy (non-hydrogen) atoms. The Balaban J connectivity index is 0.00000200. The molecule has 9 heteroatoms. The van der Waals surface area contributed by atoms with Crippen LogP contribution in [0.3, 0.4) is 0 Å². The van der Waals surface area contributed by atoms with E-state index in [1.807, 2.05) is 13.8 Å². The van der Waals surface area contributed by atoms with Gasteiger partial charge in [0.25, 0.3) is 5.56 Å². The highest BCUT2D eigenvalue weighted by molar-refractivity contribution is 5.85. The van der Waals surface area contributed by atoms with Gasteiger partial charge in [0.2, 0.25) is 5.91 Å². The largest absolute Gasteiger partial charge is 0.352 e. The second kappa shape index (κ2) is 8.02. The van der Waals surface area contributed by atoms with E-state index in [-0.39, 0.29) is 36.3 Å². The first-order chi connectivity index (χ1) is 9.02. The van der Waals surface area contributed by atoms with Crippen molar-refractivity contribution in [2.75, 3.05) is 6.54 Å². The van der Waals surface area contributed by atoms with Gasteiger partial charge < -0.3 is 11.1 Å². The van der Waals surface area contributed by atoms with Gasteiger partial charge in [-0.2, -0.15) is 0 Å². The summed E-state index contributed by atoms with van der Waals surface area (Å²) < 4.78 is 1.62. The van der Waals surface area contributed by atoms with E-state index in [0.717, 1.165) is 17.0 Å². The number of fused-ring (bicyclic) bond motifs is 1. The van der Waals surface area contributed by atoms with Crippen molar-refractivity contribution in [2.45, 2.75) is 26.8 Å². The van der Waals surface area contributed by atoms with E-state index in [4.69, 9.17) is 5.73 Å². The molecule has 7 nitrogen and oxygen atoms in total. The zero-order chi connectivity index (χ0) is 14.0. The molecule has 1 amide bonds. The number of aryl methyl sites for hydroxylation is 2. The van der Waals surface area contributed by atoms with Crippen LogP contribution in [0.25, 0.3) is 5.65 Å². The summed E-state index contributed by atoms with van der Waals surface area (Å²) in [6, 6.07) is 1.44.